The Morgan fingerprint density at radius 1 is 1.20 bits per heavy atom. The van der Waals surface area contributed by atoms with Crippen LogP contribution < -0.4 is 5.32 Å². The molecule has 0 radical (unpaired) electrons. The van der Waals surface area contributed by atoms with Crippen molar-refractivity contribution in [2.24, 2.45) is 4.99 Å². The van der Waals surface area contributed by atoms with Crippen LogP contribution in [0.3, 0.4) is 0 Å². The van der Waals surface area contributed by atoms with Gasteiger partial charge in [0, 0.05) is 38.8 Å². The SMILES string of the molecule is CN=C(NCc1ccccc1[N+](=O)[O-])N(C)Cc1ccc(C)cc1.I. The van der Waals surface area contributed by atoms with Gasteiger partial charge < -0.3 is 10.2 Å². The summed E-state index contributed by atoms with van der Waals surface area (Å²) in [5.74, 6) is 0.689. The number of hydrogen-bond donors (Lipinski definition) is 1. The van der Waals surface area contributed by atoms with Crippen molar-refractivity contribution < 1.29 is 4.92 Å². The van der Waals surface area contributed by atoms with Gasteiger partial charge in [-0.1, -0.05) is 48.0 Å². The molecule has 0 amide bonds. The highest BCUT2D eigenvalue weighted by Crippen LogP contribution is 2.17. The maximum Gasteiger partial charge on any atom is 0.274 e. The average molecular weight is 454 g/mol. The third-order valence-corrected chi connectivity index (χ3v) is 3.74. The van der Waals surface area contributed by atoms with Gasteiger partial charge in [0.25, 0.3) is 5.69 Å². The molecule has 2 rings (SSSR count). The summed E-state index contributed by atoms with van der Waals surface area (Å²) in [4.78, 5) is 16.9. The highest BCUT2D eigenvalue weighted by Gasteiger charge is 2.13. The van der Waals surface area contributed by atoms with Crippen molar-refractivity contribution in [2.45, 2.75) is 20.0 Å². The van der Waals surface area contributed by atoms with E-state index in [1.165, 1.54) is 17.2 Å². The molecule has 6 nitrogen and oxygen atoms in total. The number of halogens is 1. The Labute approximate surface area is 165 Å². The van der Waals surface area contributed by atoms with E-state index in [1.807, 2.05) is 11.9 Å². The molecule has 0 aliphatic heterocycles. The fourth-order valence-corrected chi connectivity index (χ4v) is 2.44. The van der Waals surface area contributed by atoms with Gasteiger partial charge in [0.2, 0.25) is 0 Å². The Hall–Kier alpha value is -2.16. The molecule has 0 spiro atoms. The second-order valence-electron chi connectivity index (χ2n) is 5.63. The van der Waals surface area contributed by atoms with E-state index in [1.54, 1.807) is 25.2 Å². The minimum absolute atomic E-state index is 0. The minimum Gasteiger partial charge on any atom is -0.352 e. The summed E-state index contributed by atoms with van der Waals surface area (Å²) < 4.78 is 0. The molecule has 0 aromatic heterocycles. The zero-order valence-corrected chi connectivity index (χ0v) is 16.9. The summed E-state index contributed by atoms with van der Waals surface area (Å²) in [6, 6.07) is 15.0. The van der Waals surface area contributed by atoms with Crippen LogP contribution in [0.1, 0.15) is 16.7 Å². The first-order valence-electron chi connectivity index (χ1n) is 7.71. The van der Waals surface area contributed by atoms with Gasteiger partial charge in [0.15, 0.2) is 5.96 Å². The number of nitro groups is 1. The number of para-hydroxylation sites is 1. The Balaban J connectivity index is 0.00000312. The number of rotatable bonds is 5. The number of aliphatic imine (C=N–C) groups is 1. The highest BCUT2D eigenvalue weighted by atomic mass is 127. The molecule has 134 valence electrons. The summed E-state index contributed by atoms with van der Waals surface area (Å²) >= 11 is 0. The molecule has 0 saturated heterocycles. The van der Waals surface area contributed by atoms with Crippen molar-refractivity contribution in [3.8, 4) is 0 Å². The number of nitrogens with zero attached hydrogens (tertiary/aromatic N) is 3. The number of guanidine groups is 1. The molecule has 0 heterocycles. The second-order valence-corrected chi connectivity index (χ2v) is 5.63. The zero-order valence-electron chi connectivity index (χ0n) is 14.6. The fraction of sp³-hybridized carbons (Fsp3) is 0.278. The monoisotopic (exact) mass is 454 g/mol. The number of hydrogen-bond acceptors (Lipinski definition) is 3. The van der Waals surface area contributed by atoms with Crippen LogP contribution in [0, 0.1) is 17.0 Å². The topological polar surface area (TPSA) is 70.8 Å². The van der Waals surface area contributed by atoms with Crippen molar-refractivity contribution >= 4 is 35.6 Å². The van der Waals surface area contributed by atoms with Gasteiger partial charge in [-0.25, -0.2) is 0 Å². The number of nitrogens with one attached hydrogen (secondary N) is 1. The molecule has 25 heavy (non-hydrogen) atoms. The molecular formula is C18H23IN4O2. The summed E-state index contributed by atoms with van der Waals surface area (Å²) in [7, 11) is 3.64. The summed E-state index contributed by atoms with van der Waals surface area (Å²) in [6.07, 6.45) is 0. The van der Waals surface area contributed by atoms with Crippen molar-refractivity contribution in [1.29, 1.82) is 0 Å². The van der Waals surface area contributed by atoms with Crippen molar-refractivity contribution in [2.75, 3.05) is 14.1 Å². The molecule has 0 aliphatic carbocycles. The second kappa shape index (κ2) is 9.97. The molecule has 1 N–H and O–H groups in total. The lowest BCUT2D eigenvalue weighted by atomic mass is 10.1. The lowest BCUT2D eigenvalue weighted by Crippen LogP contribution is -2.38. The van der Waals surface area contributed by atoms with Crippen molar-refractivity contribution in [3.63, 3.8) is 0 Å². The normalized spacial score (nSPS) is 10.8. The first-order valence-corrected chi connectivity index (χ1v) is 7.71. The predicted octanol–water partition coefficient (Wildman–Crippen LogP) is 3.73. The summed E-state index contributed by atoms with van der Waals surface area (Å²) in [5.41, 5.74) is 3.14. The Morgan fingerprint density at radius 3 is 2.44 bits per heavy atom. The molecule has 7 heteroatoms. The van der Waals surface area contributed by atoms with E-state index in [2.05, 4.69) is 41.5 Å². The maximum atomic E-state index is 11.1. The van der Waals surface area contributed by atoms with Crippen LogP contribution in [0.5, 0.6) is 0 Å². The quantitative estimate of drug-likeness (QED) is 0.246. The zero-order chi connectivity index (χ0) is 17.5. The smallest absolute Gasteiger partial charge is 0.274 e. The first-order chi connectivity index (χ1) is 11.5. The van der Waals surface area contributed by atoms with Gasteiger partial charge in [-0.15, -0.1) is 24.0 Å². The van der Waals surface area contributed by atoms with E-state index in [0.717, 1.165) is 0 Å². The van der Waals surface area contributed by atoms with E-state index < -0.39 is 0 Å². The number of nitro benzene ring substituents is 1. The fourth-order valence-electron chi connectivity index (χ4n) is 2.44. The Morgan fingerprint density at radius 2 is 1.84 bits per heavy atom. The van der Waals surface area contributed by atoms with Crippen LogP contribution in [-0.2, 0) is 13.1 Å². The molecule has 0 saturated carbocycles. The van der Waals surface area contributed by atoms with Crippen LogP contribution >= 0.6 is 24.0 Å². The summed E-state index contributed by atoms with van der Waals surface area (Å²) in [5, 5.41) is 14.3. The molecule has 2 aromatic carbocycles. The Bertz CT molecular complexity index is 732. The van der Waals surface area contributed by atoms with E-state index in [-0.39, 0.29) is 34.6 Å². The number of aryl methyl sites for hydroxylation is 1. The summed E-state index contributed by atoms with van der Waals surface area (Å²) in [6.45, 7) is 3.11. The minimum atomic E-state index is -0.365. The van der Waals surface area contributed by atoms with Crippen LogP contribution in [0.25, 0.3) is 0 Å². The van der Waals surface area contributed by atoms with Crippen molar-refractivity contribution in [3.05, 3.63) is 75.3 Å². The third-order valence-electron chi connectivity index (χ3n) is 3.74. The maximum absolute atomic E-state index is 11.1. The molecule has 0 unspecified atom stereocenters. The predicted molar refractivity (Wildman–Crippen MR) is 111 cm³/mol. The van der Waals surface area contributed by atoms with Crippen LogP contribution in [0.4, 0.5) is 5.69 Å². The lowest BCUT2D eigenvalue weighted by molar-refractivity contribution is -0.385. The standard InChI is InChI=1S/C18H22N4O2.HI/c1-14-8-10-15(11-9-14)13-21(3)18(19-2)20-12-16-6-4-5-7-17(16)22(23)24;/h4-11H,12-13H2,1-3H3,(H,19,20);1H. The molecule has 0 aliphatic rings. The molecular weight excluding hydrogens is 431 g/mol. The van der Waals surface area contributed by atoms with E-state index in [9.17, 15) is 10.1 Å². The lowest BCUT2D eigenvalue weighted by Gasteiger charge is -2.22. The Kier molecular flexibility index (Phi) is 8.33. The van der Waals surface area contributed by atoms with Gasteiger partial charge >= 0.3 is 0 Å². The van der Waals surface area contributed by atoms with Gasteiger partial charge in [0.1, 0.15) is 0 Å². The van der Waals surface area contributed by atoms with E-state index in [4.69, 9.17) is 0 Å². The molecule has 0 bridgehead atoms. The van der Waals surface area contributed by atoms with E-state index in [0.29, 0.717) is 24.6 Å². The van der Waals surface area contributed by atoms with Gasteiger partial charge in [-0.3, -0.25) is 15.1 Å². The van der Waals surface area contributed by atoms with Crippen LogP contribution in [0.15, 0.2) is 53.5 Å². The molecule has 2 aromatic rings. The first kappa shape index (κ1) is 20.9. The molecule has 0 atom stereocenters. The largest absolute Gasteiger partial charge is 0.352 e. The highest BCUT2D eigenvalue weighted by molar-refractivity contribution is 14.0. The van der Waals surface area contributed by atoms with Crippen LogP contribution in [-0.4, -0.2) is 29.9 Å². The van der Waals surface area contributed by atoms with Crippen LogP contribution in [0.2, 0.25) is 0 Å². The third kappa shape index (κ3) is 6.00. The van der Waals surface area contributed by atoms with Gasteiger partial charge in [-0.05, 0) is 12.5 Å². The van der Waals surface area contributed by atoms with E-state index >= 15 is 0 Å². The van der Waals surface area contributed by atoms with Crippen molar-refractivity contribution in [1.82, 2.24) is 10.2 Å². The van der Waals surface area contributed by atoms with Gasteiger partial charge in [-0.2, -0.15) is 0 Å². The van der Waals surface area contributed by atoms with Gasteiger partial charge in [0.05, 0.1) is 4.92 Å². The average Bonchev–Trinajstić information content (AvgIpc) is 2.57. The molecule has 0 fully saturated rings. The number of benzene rings is 2.